The topological polar surface area (TPSA) is 52.6 Å². The van der Waals surface area contributed by atoms with E-state index >= 15 is 0 Å². The van der Waals surface area contributed by atoms with Gasteiger partial charge in [0.05, 0.1) is 0 Å². The van der Waals surface area contributed by atoms with E-state index in [4.69, 9.17) is 12.2 Å². The third-order valence-electron chi connectivity index (χ3n) is 4.84. The standard InChI is InChI=1S/C21H31N3O2S2/c1-20(2,3)15-10-8-14(9-11-15)17(25)22-16-18(26)24(13-12-23(6)7)19(27)28-21(16,4)5/h8-11,16H,12-13H2,1-7H3,(H,22,25). The van der Waals surface area contributed by atoms with E-state index in [9.17, 15) is 9.59 Å². The maximum Gasteiger partial charge on any atom is 0.252 e. The Hall–Kier alpha value is -1.44. The molecule has 0 radical (unpaired) electrons. The summed E-state index contributed by atoms with van der Waals surface area (Å²) in [7, 11) is 3.91. The van der Waals surface area contributed by atoms with Gasteiger partial charge in [-0.2, -0.15) is 0 Å². The van der Waals surface area contributed by atoms with Crippen LogP contribution in [-0.2, 0) is 10.2 Å². The quantitative estimate of drug-likeness (QED) is 0.740. The molecular formula is C21H31N3O2S2. The number of thiocarbonyl (C=S) groups is 1. The molecule has 1 aliphatic rings. The maximum atomic E-state index is 13.1. The van der Waals surface area contributed by atoms with Gasteiger partial charge in [0.2, 0.25) is 0 Å². The van der Waals surface area contributed by atoms with Gasteiger partial charge >= 0.3 is 0 Å². The maximum absolute atomic E-state index is 13.1. The van der Waals surface area contributed by atoms with E-state index in [0.29, 0.717) is 23.0 Å². The molecule has 1 unspecified atom stereocenters. The Morgan fingerprint density at radius 2 is 1.82 bits per heavy atom. The van der Waals surface area contributed by atoms with E-state index in [1.807, 2.05) is 57.1 Å². The van der Waals surface area contributed by atoms with Crippen LogP contribution in [0.4, 0.5) is 0 Å². The Morgan fingerprint density at radius 1 is 1.25 bits per heavy atom. The lowest BCUT2D eigenvalue weighted by molar-refractivity contribution is -0.130. The molecule has 1 fully saturated rings. The van der Waals surface area contributed by atoms with Crippen LogP contribution in [0.1, 0.15) is 50.5 Å². The highest BCUT2D eigenvalue weighted by molar-refractivity contribution is 8.24. The van der Waals surface area contributed by atoms with Crippen LogP contribution in [0.25, 0.3) is 0 Å². The fourth-order valence-corrected chi connectivity index (χ4v) is 4.80. The van der Waals surface area contributed by atoms with Gasteiger partial charge in [0, 0.05) is 23.4 Å². The summed E-state index contributed by atoms with van der Waals surface area (Å²) in [6.45, 7) is 11.5. The molecule has 1 aromatic rings. The normalized spacial score (nSPS) is 19.9. The number of carbonyl (C=O) groups excluding carboxylic acids is 2. The van der Waals surface area contributed by atoms with Crippen molar-refractivity contribution < 1.29 is 9.59 Å². The molecule has 0 aliphatic carbocycles. The third-order valence-corrected chi connectivity index (χ3v) is 6.47. The zero-order valence-electron chi connectivity index (χ0n) is 17.8. The number of thioether (sulfide) groups is 1. The van der Waals surface area contributed by atoms with E-state index in [1.165, 1.54) is 11.8 Å². The Morgan fingerprint density at radius 3 is 2.32 bits per heavy atom. The van der Waals surface area contributed by atoms with Crippen molar-refractivity contribution in [2.24, 2.45) is 0 Å². The highest BCUT2D eigenvalue weighted by atomic mass is 32.2. The lowest BCUT2D eigenvalue weighted by atomic mass is 9.86. The van der Waals surface area contributed by atoms with Crippen LogP contribution in [0.5, 0.6) is 0 Å². The van der Waals surface area contributed by atoms with E-state index < -0.39 is 10.8 Å². The second kappa shape index (κ2) is 8.51. The molecule has 154 valence electrons. The van der Waals surface area contributed by atoms with E-state index in [0.717, 1.165) is 5.56 Å². The zero-order chi connectivity index (χ0) is 21.3. The molecule has 2 rings (SSSR count). The Balaban J connectivity index is 2.18. The summed E-state index contributed by atoms with van der Waals surface area (Å²) in [6.07, 6.45) is 0. The van der Waals surface area contributed by atoms with Gasteiger partial charge in [0.25, 0.3) is 11.8 Å². The van der Waals surface area contributed by atoms with Gasteiger partial charge in [-0.25, -0.2) is 0 Å². The number of carbonyl (C=O) groups is 2. The largest absolute Gasteiger partial charge is 0.339 e. The molecule has 0 aromatic heterocycles. The molecule has 1 aromatic carbocycles. The fourth-order valence-electron chi connectivity index (χ4n) is 2.96. The van der Waals surface area contributed by atoms with Crippen LogP contribution in [0.15, 0.2) is 24.3 Å². The minimum atomic E-state index is -0.638. The highest BCUT2D eigenvalue weighted by Crippen LogP contribution is 2.36. The molecule has 7 heteroatoms. The Bertz CT molecular complexity index is 752. The van der Waals surface area contributed by atoms with Gasteiger partial charge in [-0.3, -0.25) is 14.5 Å². The van der Waals surface area contributed by atoms with Crippen LogP contribution in [0.2, 0.25) is 0 Å². The number of rotatable bonds is 5. The lowest BCUT2D eigenvalue weighted by Crippen LogP contribution is -2.62. The minimum Gasteiger partial charge on any atom is -0.339 e. The molecule has 1 N–H and O–H groups in total. The summed E-state index contributed by atoms with van der Waals surface area (Å²) in [5, 5.41) is 2.95. The minimum absolute atomic E-state index is 0.0234. The van der Waals surface area contributed by atoms with Gasteiger partial charge in [0.1, 0.15) is 10.4 Å². The molecule has 2 amide bonds. The zero-order valence-corrected chi connectivity index (χ0v) is 19.5. The summed E-state index contributed by atoms with van der Waals surface area (Å²) in [4.78, 5) is 29.6. The summed E-state index contributed by atoms with van der Waals surface area (Å²) in [5.74, 6) is -0.386. The second-order valence-electron chi connectivity index (χ2n) is 9.00. The van der Waals surface area contributed by atoms with Crippen molar-refractivity contribution in [3.8, 4) is 0 Å². The van der Waals surface area contributed by atoms with Gasteiger partial charge in [-0.1, -0.05) is 56.9 Å². The second-order valence-corrected chi connectivity index (χ2v) is 11.3. The lowest BCUT2D eigenvalue weighted by Gasteiger charge is -2.42. The van der Waals surface area contributed by atoms with Crippen LogP contribution in [0.3, 0.4) is 0 Å². The average molecular weight is 422 g/mol. The van der Waals surface area contributed by atoms with Gasteiger partial charge < -0.3 is 10.2 Å². The number of likely N-dealkylation sites (N-methyl/N-ethyl adjacent to an activating group) is 1. The smallest absolute Gasteiger partial charge is 0.252 e. The van der Waals surface area contributed by atoms with Crippen molar-refractivity contribution >= 4 is 40.1 Å². The number of benzene rings is 1. The number of amides is 2. The predicted octanol–water partition coefficient (Wildman–Crippen LogP) is 3.28. The van der Waals surface area contributed by atoms with Gasteiger partial charge in [-0.05, 0) is 51.1 Å². The van der Waals surface area contributed by atoms with Crippen molar-refractivity contribution in [1.82, 2.24) is 15.1 Å². The first-order chi connectivity index (χ1) is 12.8. The molecule has 28 heavy (non-hydrogen) atoms. The summed E-state index contributed by atoms with van der Waals surface area (Å²) in [5.41, 5.74) is 1.73. The molecule has 1 aliphatic heterocycles. The summed E-state index contributed by atoms with van der Waals surface area (Å²) >= 11 is 6.91. The first kappa shape index (κ1) is 22.8. The van der Waals surface area contributed by atoms with E-state index in [1.54, 1.807) is 4.90 Å². The number of hydrogen-bond donors (Lipinski definition) is 1. The van der Waals surface area contributed by atoms with Gasteiger partial charge in [0.15, 0.2) is 0 Å². The monoisotopic (exact) mass is 421 g/mol. The first-order valence-corrected chi connectivity index (χ1v) is 10.7. The van der Waals surface area contributed by atoms with Crippen molar-refractivity contribution in [2.45, 2.75) is 50.8 Å². The average Bonchev–Trinajstić information content (AvgIpc) is 2.56. The summed E-state index contributed by atoms with van der Waals surface area (Å²) < 4.78 is 0.0564. The molecule has 1 heterocycles. The molecule has 0 spiro atoms. The van der Waals surface area contributed by atoms with Crippen molar-refractivity contribution in [1.29, 1.82) is 0 Å². The van der Waals surface area contributed by atoms with Crippen LogP contribution >= 0.6 is 24.0 Å². The highest BCUT2D eigenvalue weighted by Gasteiger charge is 2.46. The molecule has 5 nitrogen and oxygen atoms in total. The molecule has 1 saturated heterocycles. The SMILES string of the molecule is CN(C)CCN1C(=O)C(NC(=O)c2ccc(C(C)(C)C)cc2)C(C)(C)SC1=S. The van der Waals surface area contributed by atoms with Crippen molar-refractivity contribution in [3.63, 3.8) is 0 Å². The van der Waals surface area contributed by atoms with Crippen molar-refractivity contribution in [2.75, 3.05) is 27.2 Å². The van der Waals surface area contributed by atoms with E-state index in [-0.39, 0.29) is 17.2 Å². The molecule has 1 atom stereocenters. The fraction of sp³-hybridized carbons (Fsp3) is 0.571. The molecule has 0 saturated carbocycles. The number of nitrogens with one attached hydrogen (secondary N) is 1. The molecular weight excluding hydrogens is 390 g/mol. The number of hydrogen-bond acceptors (Lipinski definition) is 5. The Kier molecular flexibility index (Phi) is 6.94. The van der Waals surface area contributed by atoms with Crippen LogP contribution in [0, 0.1) is 0 Å². The summed E-state index contributed by atoms with van der Waals surface area (Å²) in [6, 6.07) is 6.93. The van der Waals surface area contributed by atoms with Gasteiger partial charge in [-0.15, -0.1) is 0 Å². The predicted molar refractivity (Wildman–Crippen MR) is 121 cm³/mol. The van der Waals surface area contributed by atoms with Crippen molar-refractivity contribution in [3.05, 3.63) is 35.4 Å². The van der Waals surface area contributed by atoms with Crippen LogP contribution in [-0.4, -0.2) is 63.9 Å². The molecule has 0 bridgehead atoms. The number of nitrogens with zero attached hydrogens (tertiary/aromatic N) is 2. The van der Waals surface area contributed by atoms with Crippen LogP contribution < -0.4 is 5.32 Å². The Labute approximate surface area is 178 Å². The first-order valence-electron chi connectivity index (χ1n) is 9.43. The third kappa shape index (κ3) is 5.33. The van der Waals surface area contributed by atoms with E-state index in [2.05, 4.69) is 26.1 Å².